The van der Waals surface area contributed by atoms with E-state index in [1.165, 1.54) is 0 Å². The number of aliphatic hydroxyl groups is 1. The smallest absolute Gasteiger partial charge is 0.237 e. The molecule has 4 N–H and O–H groups in total. The van der Waals surface area contributed by atoms with E-state index < -0.39 is 6.04 Å². The van der Waals surface area contributed by atoms with E-state index in [9.17, 15) is 9.90 Å². The van der Waals surface area contributed by atoms with Gasteiger partial charge in [0, 0.05) is 12.0 Å². The minimum Gasteiger partial charge on any atom is -0.396 e. The molecule has 0 aromatic carbocycles. The SMILES string of the molecule is CC[C@H](C)[C@H](N)C(=O)NCC1(CO)CCCC1. The predicted octanol–water partition coefficient (Wildman–Crippen LogP) is 1.03. The average Bonchev–Trinajstić information content (AvgIpc) is 2.83. The lowest BCUT2D eigenvalue weighted by molar-refractivity contribution is -0.124. The highest BCUT2D eigenvalue weighted by Gasteiger charge is 2.34. The summed E-state index contributed by atoms with van der Waals surface area (Å²) in [6.07, 6.45) is 5.20. The van der Waals surface area contributed by atoms with E-state index in [0.29, 0.717) is 6.54 Å². The first kappa shape index (κ1) is 14.5. The zero-order valence-electron chi connectivity index (χ0n) is 11.0. The van der Waals surface area contributed by atoms with E-state index in [2.05, 4.69) is 5.32 Å². The quantitative estimate of drug-likeness (QED) is 0.651. The highest BCUT2D eigenvalue weighted by atomic mass is 16.3. The molecular formula is C13H26N2O2. The largest absolute Gasteiger partial charge is 0.396 e. The normalized spacial score (nSPS) is 22.1. The summed E-state index contributed by atoms with van der Waals surface area (Å²) in [4.78, 5) is 11.8. The zero-order chi connectivity index (χ0) is 12.9. The molecule has 0 spiro atoms. The van der Waals surface area contributed by atoms with Gasteiger partial charge in [0.2, 0.25) is 5.91 Å². The van der Waals surface area contributed by atoms with Crippen LogP contribution in [-0.2, 0) is 4.79 Å². The summed E-state index contributed by atoms with van der Waals surface area (Å²) >= 11 is 0. The fourth-order valence-corrected chi connectivity index (χ4v) is 2.42. The standard InChI is InChI=1S/C13H26N2O2/c1-3-10(2)11(14)12(17)15-8-13(9-16)6-4-5-7-13/h10-11,16H,3-9,14H2,1-2H3,(H,15,17)/t10-,11-/m0/s1. The Morgan fingerprint density at radius 2 is 2.06 bits per heavy atom. The maximum atomic E-state index is 11.8. The van der Waals surface area contributed by atoms with Gasteiger partial charge in [-0.15, -0.1) is 0 Å². The molecule has 4 nitrogen and oxygen atoms in total. The minimum absolute atomic E-state index is 0.0842. The summed E-state index contributed by atoms with van der Waals surface area (Å²) in [5.74, 6) is 0.114. The fourth-order valence-electron chi connectivity index (χ4n) is 2.42. The Hall–Kier alpha value is -0.610. The molecule has 0 bridgehead atoms. The third-order valence-electron chi connectivity index (χ3n) is 4.20. The molecule has 1 rings (SSSR count). The fraction of sp³-hybridized carbons (Fsp3) is 0.923. The first-order chi connectivity index (χ1) is 8.04. The van der Waals surface area contributed by atoms with Crippen LogP contribution in [0.5, 0.6) is 0 Å². The van der Waals surface area contributed by atoms with Gasteiger partial charge in [-0.2, -0.15) is 0 Å². The third kappa shape index (κ3) is 3.68. The van der Waals surface area contributed by atoms with Crippen LogP contribution < -0.4 is 11.1 Å². The molecule has 1 saturated carbocycles. The van der Waals surface area contributed by atoms with Crippen LogP contribution >= 0.6 is 0 Å². The Balaban J connectivity index is 2.41. The Morgan fingerprint density at radius 3 is 2.53 bits per heavy atom. The Labute approximate surface area is 104 Å². The maximum Gasteiger partial charge on any atom is 0.237 e. The van der Waals surface area contributed by atoms with Crippen LogP contribution in [-0.4, -0.2) is 30.2 Å². The molecule has 100 valence electrons. The summed E-state index contributed by atoms with van der Waals surface area (Å²) in [6, 6.07) is -0.433. The Morgan fingerprint density at radius 1 is 1.47 bits per heavy atom. The van der Waals surface area contributed by atoms with Crippen molar-refractivity contribution in [3.05, 3.63) is 0 Å². The van der Waals surface area contributed by atoms with Crippen molar-refractivity contribution in [2.24, 2.45) is 17.1 Å². The van der Waals surface area contributed by atoms with Crippen LogP contribution in [0.15, 0.2) is 0 Å². The Kier molecular flexibility index (Phi) is 5.40. The number of rotatable bonds is 6. The van der Waals surface area contributed by atoms with E-state index >= 15 is 0 Å². The first-order valence-corrected chi connectivity index (χ1v) is 6.69. The highest BCUT2D eigenvalue weighted by Crippen LogP contribution is 2.36. The molecule has 4 heteroatoms. The molecule has 0 aromatic rings. The van der Waals surface area contributed by atoms with E-state index in [1.807, 2.05) is 13.8 Å². The van der Waals surface area contributed by atoms with Gasteiger partial charge in [0.15, 0.2) is 0 Å². The summed E-state index contributed by atoms with van der Waals surface area (Å²) in [5, 5.41) is 12.3. The number of hydrogen-bond donors (Lipinski definition) is 3. The molecule has 0 aliphatic heterocycles. The van der Waals surface area contributed by atoms with Crippen LogP contribution in [0.2, 0.25) is 0 Å². The van der Waals surface area contributed by atoms with Crippen molar-refractivity contribution >= 4 is 5.91 Å². The van der Waals surface area contributed by atoms with Gasteiger partial charge in [0.25, 0.3) is 0 Å². The summed E-state index contributed by atoms with van der Waals surface area (Å²) in [5.41, 5.74) is 5.77. The van der Waals surface area contributed by atoms with Gasteiger partial charge in [-0.3, -0.25) is 4.79 Å². The van der Waals surface area contributed by atoms with Crippen molar-refractivity contribution in [1.29, 1.82) is 0 Å². The average molecular weight is 242 g/mol. The monoisotopic (exact) mass is 242 g/mol. The molecule has 1 fully saturated rings. The second-order valence-corrected chi connectivity index (χ2v) is 5.49. The van der Waals surface area contributed by atoms with Gasteiger partial charge in [-0.1, -0.05) is 33.1 Å². The maximum absolute atomic E-state index is 11.8. The molecule has 2 atom stereocenters. The zero-order valence-corrected chi connectivity index (χ0v) is 11.0. The van der Waals surface area contributed by atoms with Gasteiger partial charge in [-0.25, -0.2) is 0 Å². The van der Waals surface area contributed by atoms with Crippen molar-refractivity contribution in [1.82, 2.24) is 5.32 Å². The lowest BCUT2D eigenvalue weighted by Crippen LogP contribution is -2.48. The van der Waals surface area contributed by atoms with Crippen LogP contribution in [0, 0.1) is 11.3 Å². The molecule has 1 aliphatic rings. The molecule has 0 radical (unpaired) electrons. The number of nitrogens with one attached hydrogen (secondary N) is 1. The lowest BCUT2D eigenvalue weighted by atomic mass is 9.87. The Bertz CT molecular complexity index is 250. The molecule has 0 saturated heterocycles. The minimum atomic E-state index is -0.433. The van der Waals surface area contributed by atoms with Crippen LogP contribution in [0.4, 0.5) is 0 Å². The molecule has 0 heterocycles. The van der Waals surface area contributed by atoms with Gasteiger partial charge >= 0.3 is 0 Å². The molecule has 0 aromatic heterocycles. The third-order valence-corrected chi connectivity index (χ3v) is 4.20. The number of carbonyl (C=O) groups excluding carboxylic acids is 1. The topological polar surface area (TPSA) is 75.4 Å². The van der Waals surface area contributed by atoms with Crippen LogP contribution in [0.1, 0.15) is 46.0 Å². The van der Waals surface area contributed by atoms with Crippen molar-refractivity contribution in [2.45, 2.75) is 52.0 Å². The van der Waals surface area contributed by atoms with E-state index in [4.69, 9.17) is 5.73 Å². The van der Waals surface area contributed by atoms with Gasteiger partial charge in [0.1, 0.15) is 0 Å². The number of carbonyl (C=O) groups is 1. The van der Waals surface area contributed by atoms with E-state index in [0.717, 1.165) is 32.1 Å². The summed E-state index contributed by atoms with van der Waals surface area (Å²) in [7, 11) is 0. The molecular weight excluding hydrogens is 216 g/mol. The van der Waals surface area contributed by atoms with Crippen LogP contribution in [0.25, 0.3) is 0 Å². The van der Waals surface area contributed by atoms with Gasteiger partial charge in [-0.05, 0) is 18.8 Å². The lowest BCUT2D eigenvalue weighted by Gasteiger charge is -2.28. The van der Waals surface area contributed by atoms with Crippen LogP contribution in [0.3, 0.4) is 0 Å². The second-order valence-electron chi connectivity index (χ2n) is 5.49. The van der Waals surface area contributed by atoms with E-state index in [-0.39, 0.29) is 23.8 Å². The molecule has 0 unspecified atom stereocenters. The number of nitrogens with two attached hydrogens (primary N) is 1. The second kappa shape index (κ2) is 6.36. The van der Waals surface area contributed by atoms with E-state index in [1.54, 1.807) is 0 Å². The summed E-state index contributed by atoms with van der Waals surface area (Å²) < 4.78 is 0. The number of aliphatic hydroxyl groups excluding tert-OH is 1. The number of amides is 1. The molecule has 1 amide bonds. The molecule has 1 aliphatic carbocycles. The van der Waals surface area contributed by atoms with Crippen molar-refractivity contribution < 1.29 is 9.90 Å². The molecule has 17 heavy (non-hydrogen) atoms. The van der Waals surface area contributed by atoms with Gasteiger partial charge < -0.3 is 16.2 Å². The van der Waals surface area contributed by atoms with Crippen molar-refractivity contribution in [3.8, 4) is 0 Å². The summed E-state index contributed by atoms with van der Waals surface area (Å²) in [6.45, 7) is 4.74. The van der Waals surface area contributed by atoms with Gasteiger partial charge in [0.05, 0.1) is 12.6 Å². The first-order valence-electron chi connectivity index (χ1n) is 6.69. The predicted molar refractivity (Wildman–Crippen MR) is 68.4 cm³/mol. The highest BCUT2D eigenvalue weighted by molar-refractivity contribution is 5.81. The van der Waals surface area contributed by atoms with Crippen molar-refractivity contribution in [3.63, 3.8) is 0 Å². The number of hydrogen-bond acceptors (Lipinski definition) is 3. The van der Waals surface area contributed by atoms with Crippen molar-refractivity contribution in [2.75, 3.05) is 13.2 Å².